The lowest BCUT2D eigenvalue weighted by Gasteiger charge is -1.92. The largest absolute Gasteiger partial charge is 0.417 e. The molecule has 4 nitrogen and oxygen atoms in total. The summed E-state index contributed by atoms with van der Waals surface area (Å²) in [5.41, 5.74) is 1.40. The number of aromatic nitrogens is 1. The van der Waals surface area contributed by atoms with E-state index in [1.165, 1.54) is 6.07 Å². The highest BCUT2D eigenvalue weighted by molar-refractivity contribution is 9.10. The molecule has 0 aliphatic carbocycles. The summed E-state index contributed by atoms with van der Waals surface area (Å²) in [6, 6.07) is 3.12. The molecule has 1 N–H and O–H groups in total. The number of halogens is 1. The minimum atomic E-state index is -0.529. The Balaban J connectivity index is 2.90. The van der Waals surface area contributed by atoms with Gasteiger partial charge in [-0.1, -0.05) is 0 Å². The number of H-pyrrole nitrogens is 1. The smallest absolute Gasteiger partial charge is 0.408 e. The fraction of sp³-hybridized carbons (Fsp3) is 0. The number of nitrogens with one attached hydrogen (secondary N) is 1. The molecule has 1 aromatic heterocycles. The van der Waals surface area contributed by atoms with Crippen LogP contribution in [-0.4, -0.2) is 11.3 Å². The van der Waals surface area contributed by atoms with Crippen LogP contribution in [0.25, 0.3) is 11.1 Å². The SMILES string of the molecule is O=Cc1cc(Br)c2[nH]c(=O)oc2c1. The molecule has 0 fully saturated rings. The van der Waals surface area contributed by atoms with Gasteiger partial charge in [-0.3, -0.25) is 9.78 Å². The molecule has 1 aromatic carbocycles. The molecule has 2 rings (SSSR count). The molecule has 66 valence electrons. The van der Waals surface area contributed by atoms with Gasteiger partial charge in [-0.25, -0.2) is 4.79 Å². The summed E-state index contributed by atoms with van der Waals surface area (Å²) in [5, 5.41) is 0. The second-order valence-corrected chi connectivity index (χ2v) is 3.36. The van der Waals surface area contributed by atoms with Crippen LogP contribution >= 0.6 is 15.9 Å². The number of rotatable bonds is 1. The van der Waals surface area contributed by atoms with Crippen LogP contribution in [0.4, 0.5) is 0 Å². The lowest BCUT2D eigenvalue weighted by molar-refractivity contribution is 0.112. The van der Waals surface area contributed by atoms with Crippen molar-refractivity contribution < 1.29 is 9.21 Å². The van der Waals surface area contributed by atoms with E-state index in [1.807, 2.05) is 0 Å². The molecule has 13 heavy (non-hydrogen) atoms. The molecule has 0 atom stereocenters. The van der Waals surface area contributed by atoms with Gasteiger partial charge in [0.2, 0.25) is 0 Å². The summed E-state index contributed by atoms with van der Waals surface area (Å²) < 4.78 is 5.43. The van der Waals surface area contributed by atoms with Crippen LogP contribution in [0, 0.1) is 0 Å². The Morgan fingerprint density at radius 3 is 2.92 bits per heavy atom. The molecule has 0 aliphatic heterocycles. The summed E-state index contributed by atoms with van der Waals surface area (Å²) in [7, 11) is 0. The molecular formula is C8H4BrNO3. The van der Waals surface area contributed by atoms with Gasteiger partial charge < -0.3 is 4.42 Å². The van der Waals surface area contributed by atoms with E-state index in [0.717, 1.165) is 0 Å². The number of benzene rings is 1. The molecule has 0 amide bonds. The fourth-order valence-corrected chi connectivity index (χ4v) is 1.66. The van der Waals surface area contributed by atoms with Gasteiger partial charge in [0.05, 0.1) is 0 Å². The van der Waals surface area contributed by atoms with Gasteiger partial charge in [-0.15, -0.1) is 0 Å². The maximum Gasteiger partial charge on any atom is 0.417 e. The van der Waals surface area contributed by atoms with Gasteiger partial charge in [0, 0.05) is 10.0 Å². The summed E-state index contributed by atoms with van der Waals surface area (Å²) in [6.45, 7) is 0. The van der Waals surface area contributed by atoms with Gasteiger partial charge in [0.15, 0.2) is 5.58 Å². The number of carbonyl (C=O) groups is 1. The van der Waals surface area contributed by atoms with Crippen LogP contribution < -0.4 is 5.76 Å². The molecule has 0 spiro atoms. The average molecular weight is 242 g/mol. The van der Waals surface area contributed by atoms with E-state index in [2.05, 4.69) is 20.9 Å². The van der Waals surface area contributed by atoms with Gasteiger partial charge in [-0.2, -0.15) is 0 Å². The zero-order valence-corrected chi connectivity index (χ0v) is 7.92. The van der Waals surface area contributed by atoms with Crippen LogP contribution in [0.1, 0.15) is 10.4 Å². The van der Waals surface area contributed by atoms with Gasteiger partial charge in [-0.05, 0) is 28.1 Å². The van der Waals surface area contributed by atoms with E-state index in [0.29, 0.717) is 27.4 Å². The Kier molecular flexibility index (Phi) is 1.81. The number of aromatic amines is 1. The standard InChI is InChI=1S/C8H4BrNO3/c9-5-1-4(3-11)2-6-7(5)10-8(12)13-6/h1-3H,(H,10,12). The van der Waals surface area contributed by atoms with E-state index < -0.39 is 5.76 Å². The molecule has 2 aromatic rings. The number of carbonyl (C=O) groups excluding carboxylic acids is 1. The number of fused-ring (bicyclic) bond motifs is 1. The summed E-state index contributed by atoms with van der Waals surface area (Å²) in [4.78, 5) is 23.8. The fourth-order valence-electron chi connectivity index (χ4n) is 1.10. The quantitative estimate of drug-likeness (QED) is 0.774. The van der Waals surface area contributed by atoms with Gasteiger partial charge in [0.25, 0.3) is 0 Å². The average Bonchev–Trinajstić information content (AvgIpc) is 2.46. The second-order valence-electron chi connectivity index (χ2n) is 2.51. The van der Waals surface area contributed by atoms with Gasteiger partial charge >= 0.3 is 5.76 Å². The highest BCUT2D eigenvalue weighted by Gasteiger charge is 2.06. The minimum Gasteiger partial charge on any atom is -0.408 e. The number of hydrogen-bond acceptors (Lipinski definition) is 3. The monoisotopic (exact) mass is 241 g/mol. The molecule has 5 heteroatoms. The van der Waals surface area contributed by atoms with Crippen LogP contribution in [0.2, 0.25) is 0 Å². The van der Waals surface area contributed by atoms with Crippen molar-refractivity contribution in [3.63, 3.8) is 0 Å². The second kappa shape index (κ2) is 2.85. The Bertz CT molecular complexity index is 526. The van der Waals surface area contributed by atoms with E-state index in [4.69, 9.17) is 4.42 Å². The third-order valence-corrected chi connectivity index (χ3v) is 2.27. The molecule has 0 saturated carbocycles. The van der Waals surface area contributed by atoms with Crippen molar-refractivity contribution in [2.75, 3.05) is 0 Å². The molecule has 1 heterocycles. The van der Waals surface area contributed by atoms with Crippen LogP contribution in [0.3, 0.4) is 0 Å². The minimum absolute atomic E-state index is 0.376. The van der Waals surface area contributed by atoms with Crippen LogP contribution in [0.5, 0.6) is 0 Å². The first kappa shape index (κ1) is 8.25. The van der Waals surface area contributed by atoms with E-state index >= 15 is 0 Å². The summed E-state index contributed by atoms with van der Waals surface area (Å²) in [6.07, 6.45) is 0.692. The van der Waals surface area contributed by atoms with Crippen molar-refractivity contribution in [2.45, 2.75) is 0 Å². The topological polar surface area (TPSA) is 63.1 Å². The van der Waals surface area contributed by atoms with Crippen molar-refractivity contribution in [1.82, 2.24) is 4.98 Å². The zero-order chi connectivity index (χ0) is 9.42. The third kappa shape index (κ3) is 1.31. The Hall–Kier alpha value is -1.36. The van der Waals surface area contributed by atoms with Crippen molar-refractivity contribution in [1.29, 1.82) is 0 Å². The lowest BCUT2D eigenvalue weighted by atomic mass is 10.2. The van der Waals surface area contributed by atoms with Crippen molar-refractivity contribution >= 4 is 33.3 Å². The van der Waals surface area contributed by atoms with Crippen molar-refractivity contribution in [3.05, 3.63) is 32.7 Å². The first-order chi connectivity index (χ1) is 6.20. The molecule has 0 saturated heterocycles. The summed E-state index contributed by atoms with van der Waals surface area (Å²) >= 11 is 3.21. The normalized spacial score (nSPS) is 10.5. The molecular weight excluding hydrogens is 238 g/mol. The number of hydrogen-bond donors (Lipinski definition) is 1. The molecule has 0 radical (unpaired) electrons. The predicted molar refractivity (Wildman–Crippen MR) is 49.9 cm³/mol. The summed E-state index contributed by atoms with van der Waals surface area (Å²) in [5.74, 6) is -0.529. The Morgan fingerprint density at radius 2 is 2.23 bits per heavy atom. The Labute approximate surface area is 80.7 Å². The zero-order valence-electron chi connectivity index (χ0n) is 6.33. The van der Waals surface area contributed by atoms with Crippen molar-refractivity contribution in [2.24, 2.45) is 0 Å². The van der Waals surface area contributed by atoms with Crippen LogP contribution in [0.15, 0.2) is 25.8 Å². The molecule has 0 bridgehead atoms. The molecule has 0 aliphatic rings. The van der Waals surface area contributed by atoms with E-state index in [9.17, 15) is 9.59 Å². The first-order valence-electron chi connectivity index (χ1n) is 3.48. The maximum absolute atomic E-state index is 10.8. The van der Waals surface area contributed by atoms with E-state index in [1.54, 1.807) is 6.07 Å². The van der Waals surface area contributed by atoms with Gasteiger partial charge in [0.1, 0.15) is 11.8 Å². The van der Waals surface area contributed by atoms with Crippen LogP contribution in [-0.2, 0) is 0 Å². The lowest BCUT2D eigenvalue weighted by Crippen LogP contribution is -1.93. The van der Waals surface area contributed by atoms with Crippen molar-refractivity contribution in [3.8, 4) is 0 Å². The number of oxazole rings is 1. The first-order valence-corrected chi connectivity index (χ1v) is 4.27. The molecule has 0 unspecified atom stereocenters. The third-order valence-electron chi connectivity index (χ3n) is 1.64. The number of aldehydes is 1. The predicted octanol–water partition coefficient (Wildman–Crippen LogP) is 1.70. The Morgan fingerprint density at radius 1 is 1.46 bits per heavy atom. The highest BCUT2D eigenvalue weighted by atomic mass is 79.9. The van der Waals surface area contributed by atoms with E-state index in [-0.39, 0.29) is 0 Å². The maximum atomic E-state index is 10.8. The highest BCUT2D eigenvalue weighted by Crippen LogP contribution is 2.22.